The Morgan fingerprint density at radius 3 is 2.00 bits per heavy atom. The number of rotatable bonds is 2. The molecule has 0 unspecified atom stereocenters. The topological polar surface area (TPSA) is 107 Å². The molecule has 0 heterocycles. The molecule has 0 saturated carbocycles. The average molecular weight is 254 g/mol. The molecular weight excluding hydrogens is 240 g/mol. The van der Waals surface area contributed by atoms with Gasteiger partial charge in [0.15, 0.2) is 5.75 Å². The van der Waals surface area contributed by atoms with E-state index in [4.69, 9.17) is 0 Å². The highest BCUT2D eigenvalue weighted by Gasteiger charge is 2.33. The molecule has 0 aromatic heterocycles. The van der Waals surface area contributed by atoms with Crippen LogP contribution in [0.1, 0.15) is 31.9 Å². The summed E-state index contributed by atoms with van der Waals surface area (Å²) in [6, 6.07) is 1.19. The van der Waals surface area contributed by atoms with Gasteiger partial charge in [0.1, 0.15) is 5.56 Å². The molecule has 0 aliphatic carbocycles. The molecule has 0 spiro atoms. The molecular formula is C11H14N2O5. The number of nitro groups is 2. The Kier molecular flexibility index (Phi) is 3.27. The number of phenols is 1. The molecule has 0 aliphatic rings. The van der Waals surface area contributed by atoms with E-state index in [-0.39, 0.29) is 16.8 Å². The van der Waals surface area contributed by atoms with Crippen molar-refractivity contribution in [3.8, 4) is 5.75 Å². The Morgan fingerprint density at radius 1 is 1.17 bits per heavy atom. The van der Waals surface area contributed by atoms with Crippen molar-refractivity contribution in [2.75, 3.05) is 0 Å². The SMILES string of the molecule is Cc1c([N+](=O)[O-])cc(C(C)(C)C)c(O)c1[N+](=O)[O-]. The van der Waals surface area contributed by atoms with Gasteiger partial charge in [0.25, 0.3) is 5.69 Å². The fourth-order valence-electron chi connectivity index (χ4n) is 1.72. The second kappa shape index (κ2) is 4.25. The van der Waals surface area contributed by atoms with E-state index in [1.807, 2.05) is 0 Å². The van der Waals surface area contributed by atoms with Crippen LogP contribution in [-0.4, -0.2) is 15.0 Å². The average Bonchev–Trinajstić information content (AvgIpc) is 2.13. The zero-order valence-electron chi connectivity index (χ0n) is 10.6. The summed E-state index contributed by atoms with van der Waals surface area (Å²) in [5.41, 5.74) is -1.55. The number of hydrogen-bond donors (Lipinski definition) is 1. The van der Waals surface area contributed by atoms with Crippen LogP contribution in [0.5, 0.6) is 5.75 Å². The van der Waals surface area contributed by atoms with Gasteiger partial charge in [-0.1, -0.05) is 20.8 Å². The summed E-state index contributed by atoms with van der Waals surface area (Å²) in [6.45, 7) is 6.39. The maximum Gasteiger partial charge on any atom is 0.320 e. The lowest BCUT2D eigenvalue weighted by molar-refractivity contribution is -0.396. The van der Waals surface area contributed by atoms with Gasteiger partial charge in [0, 0.05) is 11.6 Å². The van der Waals surface area contributed by atoms with Gasteiger partial charge in [0.2, 0.25) is 0 Å². The molecule has 0 saturated heterocycles. The molecule has 1 aromatic carbocycles. The number of aromatic hydroxyl groups is 1. The van der Waals surface area contributed by atoms with Crippen molar-refractivity contribution in [2.45, 2.75) is 33.1 Å². The van der Waals surface area contributed by atoms with E-state index in [2.05, 4.69) is 0 Å². The summed E-state index contributed by atoms with van der Waals surface area (Å²) in [5.74, 6) is -0.504. The summed E-state index contributed by atoms with van der Waals surface area (Å²) >= 11 is 0. The summed E-state index contributed by atoms with van der Waals surface area (Å²) < 4.78 is 0. The van der Waals surface area contributed by atoms with Gasteiger partial charge in [-0.15, -0.1) is 0 Å². The van der Waals surface area contributed by atoms with E-state index in [0.29, 0.717) is 0 Å². The summed E-state index contributed by atoms with van der Waals surface area (Å²) in [5, 5.41) is 31.7. The van der Waals surface area contributed by atoms with Crippen LogP contribution in [0.2, 0.25) is 0 Å². The van der Waals surface area contributed by atoms with Gasteiger partial charge in [-0.25, -0.2) is 0 Å². The number of benzene rings is 1. The predicted molar refractivity (Wildman–Crippen MR) is 64.9 cm³/mol. The number of nitro benzene ring substituents is 2. The molecule has 18 heavy (non-hydrogen) atoms. The second-order valence-corrected chi connectivity index (χ2v) is 5.03. The van der Waals surface area contributed by atoms with Crippen LogP contribution in [0.15, 0.2) is 6.07 Å². The molecule has 98 valence electrons. The fourth-order valence-corrected chi connectivity index (χ4v) is 1.72. The molecule has 0 fully saturated rings. The van der Waals surface area contributed by atoms with Crippen LogP contribution >= 0.6 is 0 Å². The lowest BCUT2D eigenvalue weighted by Gasteiger charge is -2.20. The largest absolute Gasteiger partial charge is 0.502 e. The third-order valence-electron chi connectivity index (χ3n) is 2.69. The minimum Gasteiger partial charge on any atom is -0.502 e. The maximum atomic E-state index is 10.9. The van der Waals surface area contributed by atoms with Gasteiger partial charge < -0.3 is 5.11 Å². The Morgan fingerprint density at radius 2 is 1.67 bits per heavy atom. The van der Waals surface area contributed by atoms with Crippen LogP contribution in [-0.2, 0) is 5.41 Å². The standard InChI is InChI=1S/C11H14N2O5/c1-6-8(12(15)16)5-7(11(2,3)4)10(14)9(6)13(17)18/h5,14H,1-4H3. The van der Waals surface area contributed by atoms with Gasteiger partial charge >= 0.3 is 5.69 Å². The Hall–Kier alpha value is -2.18. The minimum absolute atomic E-state index is 0.143. The van der Waals surface area contributed by atoms with Crippen molar-refractivity contribution in [2.24, 2.45) is 0 Å². The van der Waals surface area contributed by atoms with Crippen LogP contribution in [0.4, 0.5) is 11.4 Å². The molecule has 1 aromatic rings. The normalized spacial score (nSPS) is 11.3. The predicted octanol–water partition coefficient (Wildman–Crippen LogP) is 2.81. The maximum absolute atomic E-state index is 10.9. The number of nitrogens with zero attached hydrogens (tertiary/aromatic N) is 2. The Labute approximate surface area is 103 Å². The Balaban J connectivity index is 3.78. The van der Waals surface area contributed by atoms with Crippen molar-refractivity contribution in [3.63, 3.8) is 0 Å². The first-order valence-corrected chi connectivity index (χ1v) is 5.23. The molecule has 0 aliphatic heterocycles. The van der Waals surface area contributed by atoms with E-state index in [0.717, 1.165) is 0 Å². The quantitative estimate of drug-likeness (QED) is 0.645. The molecule has 0 amide bonds. The van der Waals surface area contributed by atoms with Crippen molar-refractivity contribution < 1.29 is 15.0 Å². The summed E-state index contributed by atoms with van der Waals surface area (Å²) in [7, 11) is 0. The van der Waals surface area contributed by atoms with Crippen LogP contribution in [0, 0.1) is 27.2 Å². The van der Waals surface area contributed by atoms with E-state index >= 15 is 0 Å². The molecule has 0 bridgehead atoms. The first kappa shape index (κ1) is 13.9. The highest BCUT2D eigenvalue weighted by atomic mass is 16.6. The lowest BCUT2D eigenvalue weighted by atomic mass is 9.84. The first-order chi connectivity index (χ1) is 8.07. The van der Waals surface area contributed by atoms with Crippen molar-refractivity contribution in [1.29, 1.82) is 0 Å². The van der Waals surface area contributed by atoms with Gasteiger partial charge in [0.05, 0.1) is 9.85 Å². The van der Waals surface area contributed by atoms with E-state index in [9.17, 15) is 25.3 Å². The molecule has 1 N–H and O–H groups in total. The number of hydrogen-bond acceptors (Lipinski definition) is 5. The smallest absolute Gasteiger partial charge is 0.320 e. The first-order valence-electron chi connectivity index (χ1n) is 5.23. The summed E-state index contributed by atoms with van der Waals surface area (Å²) in [6.07, 6.45) is 0. The highest BCUT2D eigenvalue weighted by molar-refractivity contribution is 5.65. The second-order valence-electron chi connectivity index (χ2n) is 5.03. The molecule has 7 nitrogen and oxygen atoms in total. The molecule has 7 heteroatoms. The van der Waals surface area contributed by atoms with Crippen LogP contribution < -0.4 is 0 Å². The van der Waals surface area contributed by atoms with Gasteiger partial charge in [-0.05, 0) is 12.3 Å². The monoisotopic (exact) mass is 254 g/mol. The van der Waals surface area contributed by atoms with E-state index < -0.39 is 26.7 Å². The zero-order chi connectivity index (χ0) is 14.2. The van der Waals surface area contributed by atoms with Crippen LogP contribution in [0.3, 0.4) is 0 Å². The summed E-state index contributed by atoms with van der Waals surface area (Å²) in [4.78, 5) is 20.3. The van der Waals surface area contributed by atoms with E-state index in [1.165, 1.54) is 13.0 Å². The van der Waals surface area contributed by atoms with Crippen molar-refractivity contribution in [1.82, 2.24) is 0 Å². The lowest BCUT2D eigenvalue weighted by Crippen LogP contribution is -2.13. The van der Waals surface area contributed by atoms with Crippen molar-refractivity contribution >= 4 is 11.4 Å². The van der Waals surface area contributed by atoms with Crippen molar-refractivity contribution in [3.05, 3.63) is 37.4 Å². The fraction of sp³-hybridized carbons (Fsp3) is 0.455. The third-order valence-corrected chi connectivity index (χ3v) is 2.69. The van der Waals surface area contributed by atoms with Crippen LogP contribution in [0.25, 0.3) is 0 Å². The molecule has 0 atom stereocenters. The van der Waals surface area contributed by atoms with Gasteiger partial charge in [-0.3, -0.25) is 20.2 Å². The highest BCUT2D eigenvalue weighted by Crippen LogP contribution is 2.43. The zero-order valence-corrected chi connectivity index (χ0v) is 10.6. The molecule has 1 rings (SSSR count). The number of phenolic OH excluding ortho intramolecular Hbond substituents is 1. The third kappa shape index (κ3) is 2.24. The Bertz CT molecular complexity index is 531. The van der Waals surface area contributed by atoms with E-state index in [1.54, 1.807) is 20.8 Å². The minimum atomic E-state index is -0.799. The van der Waals surface area contributed by atoms with Gasteiger partial charge in [-0.2, -0.15) is 0 Å². The molecule has 0 radical (unpaired) electrons.